The molecule has 0 radical (unpaired) electrons. The highest BCUT2D eigenvalue weighted by Crippen LogP contribution is 2.24. The van der Waals surface area contributed by atoms with E-state index in [1.54, 1.807) is 16.9 Å². The quantitative estimate of drug-likeness (QED) is 0.886. The Hall–Kier alpha value is -2.70. The van der Waals surface area contributed by atoms with Gasteiger partial charge < -0.3 is 10.6 Å². The third-order valence-electron chi connectivity index (χ3n) is 4.36. The number of amides is 2. The molecule has 7 nitrogen and oxygen atoms in total. The maximum Gasteiger partial charge on any atom is 0.253 e. The van der Waals surface area contributed by atoms with Gasteiger partial charge in [-0.25, -0.2) is 0 Å². The summed E-state index contributed by atoms with van der Waals surface area (Å²) in [5.41, 5.74) is 3.00. The molecule has 1 fully saturated rings. The van der Waals surface area contributed by atoms with Gasteiger partial charge in [-0.2, -0.15) is 5.10 Å². The summed E-state index contributed by atoms with van der Waals surface area (Å²) in [6, 6.07) is 4.98. The van der Waals surface area contributed by atoms with Gasteiger partial charge in [0.15, 0.2) is 0 Å². The van der Waals surface area contributed by atoms with Gasteiger partial charge in [-0.05, 0) is 38.5 Å². The molecule has 1 aliphatic heterocycles. The van der Waals surface area contributed by atoms with Crippen LogP contribution in [0.15, 0.2) is 24.4 Å². The van der Waals surface area contributed by atoms with Gasteiger partial charge in [0.25, 0.3) is 5.91 Å². The molecule has 2 amide bonds. The van der Waals surface area contributed by atoms with Gasteiger partial charge in [0.05, 0.1) is 29.0 Å². The van der Waals surface area contributed by atoms with E-state index in [2.05, 4.69) is 20.7 Å². The summed E-state index contributed by atoms with van der Waals surface area (Å²) in [5.74, 6) is -0.187. The number of hydrogen-bond acceptors (Lipinski definition) is 4. The fourth-order valence-corrected chi connectivity index (χ4v) is 3.10. The topological polar surface area (TPSA) is 88.9 Å². The van der Waals surface area contributed by atoms with Crippen molar-refractivity contribution in [2.45, 2.75) is 38.8 Å². The van der Waals surface area contributed by atoms with Crippen molar-refractivity contribution in [3.05, 3.63) is 47.0 Å². The molecule has 7 heteroatoms. The maximum absolute atomic E-state index is 12.6. The van der Waals surface area contributed by atoms with E-state index in [1.807, 2.05) is 33.0 Å². The predicted molar refractivity (Wildman–Crippen MR) is 88.3 cm³/mol. The Labute approximate surface area is 140 Å². The summed E-state index contributed by atoms with van der Waals surface area (Å²) in [7, 11) is 1.82. The first-order valence-electron chi connectivity index (χ1n) is 7.98. The molecule has 3 rings (SSSR count). The molecule has 0 aliphatic carbocycles. The van der Waals surface area contributed by atoms with Crippen LogP contribution in [0.25, 0.3) is 0 Å². The van der Waals surface area contributed by atoms with E-state index in [0.717, 1.165) is 11.4 Å². The Morgan fingerprint density at radius 3 is 2.79 bits per heavy atom. The van der Waals surface area contributed by atoms with Crippen molar-refractivity contribution in [3.8, 4) is 0 Å². The Morgan fingerprint density at radius 2 is 2.12 bits per heavy atom. The van der Waals surface area contributed by atoms with Crippen LogP contribution in [0.4, 0.5) is 0 Å². The van der Waals surface area contributed by atoms with Crippen molar-refractivity contribution < 1.29 is 9.59 Å². The van der Waals surface area contributed by atoms with Crippen molar-refractivity contribution >= 4 is 11.8 Å². The summed E-state index contributed by atoms with van der Waals surface area (Å²) < 4.78 is 1.72. The molecule has 1 aliphatic rings. The normalized spacial score (nSPS) is 20.5. The summed E-state index contributed by atoms with van der Waals surface area (Å²) >= 11 is 0. The summed E-state index contributed by atoms with van der Waals surface area (Å²) in [4.78, 5) is 28.8. The van der Waals surface area contributed by atoms with Gasteiger partial charge in [0, 0.05) is 25.4 Å². The van der Waals surface area contributed by atoms with Crippen molar-refractivity contribution in [1.29, 1.82) is 0 Å². The smallest absolute Gasteiger partial charge is 0.253 e. The fourth-order valence-electron chi connectivity index (χ4n) is 3.10. The zero-order valence-corrected chi connectivity index (χ0v) is 14.0. The molecule has 0 saturated carbocycles. The molecule has 2 aromatic rings. The second kappa shape index (κ2) is 6.43. The monoisotopic (exact) mass is 327 g/mol. The minimum atomic E-state index is -0.290. The SMILES string of the molecule is Cc1ccc(C(=O)N[C@@H]2CCC(=O)N[C@H]2c2ccnn2C)c(C)n1. The molecular weight excluding hydrogens is 306 g/mol. The van der Waals surface area contributed by atoms with Gasteiger partial charge >= 0.3 is 0 Å². The number of aryl methyl sites for hydroxylation is 3. The van der Waals surface area contributed by atoms with E-state index < -0.39 is 0 Å². The highest BCUT2D eigenvalue weighted by molar-refractivity contribution is 5.95. The van der Waals surface area contributed by atoms with Crippen LogP contribution in [0.3, 0.4) is 0 Å². The predicted octanol–water partition coefficient (Wildman–Crippen LogP) is 1.18. The second-order valence-corrected chi connectivity index (χ2v) is 6.13. The van der Waals surface area contributed by atoms with E-state index in [0.29, 0.717) is 24.1 Å². The molecular formula is C17H21N5O2. The largest absolute Gasteiger partial charge is 0.347 e. The highest BCUT2D eigenvalue weighted by atomic mass is 16.2. The van der Waals surface area contributed by atoms with Gasteiger partial charge in [0.1, 0.15) is 0 Å². The minimum absolute atomic E-state index is 0.0140. The lowest BCUT2D eigenvalue weighted by molar-refractivity contribution is -0.123. The van der Waals surface area contributed by atoms with E-state index >= 15 is 0 Å². The lowest BCUT2D eigenvalue weighted by Crippen LogP contribution is -2.50. The number of nitrogens with zero attached hydrogens (tertiary/aromatic N) is 3. The molecule has 0 spiro atoms. The fraction of sp³-hybridized carbons (Fsp3) is 0.412. The molecule has 0 aromatic carbocycles. The number of carbonyl (C=O) groups excluding carboxylic acids is 2. The summed E-state index contributed by atoms with van der Waals surface area (Å²) in [5, 5.41) is 10.2. The zero-order valence-electron chi connectivity index (χ0n) is 14.0. The van der Waals surface area contributed by atoms with Crippen LogP contribution in [0.1, 0.15) is 46.3 Å². The Bertz CT molecular complexity index is 783. The van der Waals surface area contributed by atoms with Gasteiger partial charge in [-0.15, -0.1) is 0 Å². The Kier molecular flexibility index (Phi) is 4.33. The van der Waals surface area contributed by atoms with Crippen LogP contribution in [-0.4, -0.2) is 32.6 Å². The average Bonchev–Trinajstić information content (AvgIpc) is 2.95. The third-order valence-corrected chi connectivity index (χ3v) is 4.36. The molecule has 2 atom stereocenters. The molecule has 0 bridgehead atoms. The van der Waals surface area contributed by atoms with E-state index in [4.69, 9.17) is 0 Å². The number of piperidine rings is 1. The summed E-state index contributed by atoms with van der Waals surface area (Å²) in [6.45, 7) is 3.72. The molecule has 2 N–H and O–H groups in total. The lowest BCUT2D eigenvalue weighted by Gasteiger charge is -2.33. The number of pyridine rings is 1. The first-order valence-corrected chi connectivity index (χ1v) is 7.98. The Morgan fingerprint density at radius 1 is 1.33 bits per heavy atom. The number of rotatable bonds is 3. The van der Waals surface area contributed by atoms with E-state index in [9.17, 15) is 9.59 Å². The molecule has 24 heavy (non-hydrogen) atoms. The lowest BCUT2D eigenvalue weighted by atomic mass is 9.94. The second-order valence-electron chi connectivity index (χ2n) is 6.13. The average molecular weight is 327 g/mol. The number of nitrogens with one attached hydrogen (secondary N) is 2. The Balaban J connectivity index is 1.82. The highest BCUT2D eigenvalue weighted by Gasteiger charge is 2.33. The first-order chi connectivity index (χ1) is 11.5. The molecule has 0 unspecified atom stereocenters. The van der Waals surface area contributed by atoms with Gasteiger partial charge in [-0.1, -0.05) is 0 Å². The molecule has 1 saturated heterocycles. The molecule has 2 aromatic heterocycles. The van der Waals surface area contributed by atoms with Crippen LogP contribution < -0.4 is 10.6 Å². The minimum Gasteiger partial charge on any atom is -0.347 e. The first kappa shape index (κ1) is 16.2. The van der Waals surface area contributed by atoms with Crippen LogP contribution in [-0.2, 0) is 11.8 Å². The van der Waals surface area contributed by atoms with Crippen LogP contribution in [0, 0.1) is 13.8 Å². The summed E-state index contributed by atoms with van der Waals surface area (Å²) in [6.07, 6.45) is 2.67. The third kappa shape index (κ3) is 3.15. The van der Waals surface area contributed by atoms with E-state index in [-0.39, 0.29) is 23.9 Å². The maximum atomic E-state index is 12.6. The number of aromatic nitrogens is 3. The van der Waals surface area contributed by atoms with Gasteiger partial charge in [-0.3, -0.25) is 19.3 Å². The van der Waals surface area contributed by atoms with Crippen LogP contribution in [0.2, 0.25) is 0 Å². The van der Waals surface area contributed by atoms with Gasteiger partial charge in [0.2, 0.25) is 5.91 Å². The molecule has 3 heterocycles. The van der Waals surface area contributed by atoms with Crippen molar-refractivity contribution in [2.75, 3.05) is 0 Å². The van der Waals surface area contributed by atoms with Crippen molar-refractivity contribution in [2.24, 2.45) is 7.05 Å². The van der Waals surface area contributed by atoms with Crippen LogP contribution in [0.5, 0.6) is 0 Å². The molecule has 126 valence electrons. The van der Waals surface area contributed by atoms with Crippen molar-refractivity contribution in [3.63, 3.8) is 0 Å². The van der Waals surface area contributed by atoms with E-state index in [1.165, 1.54) is 0 Å². The zero-order chi connectivity index (χ0) is 17.3. The number of hydrogen-bond donors (Lipinski definition) is 2. The van der Waals surface area contributed by atoms with Crippen LogP contribution >= 0.6 is 0 Å². The van der Waals surface area contributed by atoms with Crippen molar-refractivity contribution in [1.82, 2.24) is 25.4 Å². The number of carbonyl (C=O) groups is 2. The standard InChI is InChI=1S/C17H21N5O2/c1-10-4-5-12(11(2)19-10)17(24)20-13-6-7-15(23)21-16(13)14-8-9-18-22(14)3/h4-5,8-9,13,16H,6-7H2,1-3H3,(H,20,24)(H,21,23)/t13-,16-/m1/s1.